The van der Waals surface area contributed by atoms with E-state index in [0.29, 0.717) is 17.5 Å². The summed E-state index contributed by atoms with van der Waals surface area (Å²) < 4.78 is 26.8. The van der Waals surface area contributed by atoms with Crippen LogP contribution in [0.25, 0.3) is 11.3 Å². The average Bonchev–Trinajstić information content (AvgIpc) is 3.01. The Bertz CT molecular complexity index is 966. The highest BCUT2D eigenvalue weighted by Gasteiger charge is 2.22. The number of pyridine rings is 1. The molecule has 0 aliphatic heterocycles. The number of rotatable bonds is 4. The van der Waals surface area contributed by atoms with Crippen molar-refractivity contribution in [2.45, 2.75) is 4.90 Å². The number of carbonyl (C=O) groups is 1. The van der Waals surface area contributed by atoms with Crippen LogP contribution in [0.2, 0.25) is 5.02 Å². The first-order chi connectivity index (χ1) is 11.0. The molecule has 2 heterocycles. The van der Waals surface area contributed by atoms with E-state index in [1.165, 1.54) is 30.7 Å². The third-order valence-corrected chi connectivity index (χ3v) is 5.10. The van der Waals surface area contributed by atoms with E-state index in [9.17, 15) is 13.2 Å². The minimum Gasteiger partial charge on any atom is -0.298 e. The minimum absolute atomic E-state index is 0.0461. The van der Waals surface area contributed by atoms with E-state index in [4.69, 9.17) is 11.6 Å². The molecule has 2 aromatic heterocycles. The van der Waals surface area contributed by atoms with E-state index in [2.05, 4.69) is 4.98 Å². The average molecular weight is 347 g/mol. The Morgan fingerprint density at radius 2 is 1.83 bits per heavy atom. The Labute approximate surface area is 138 Å². The lowest BCUT2D eigenvalue weighted by atomic mass is 10.1. The molecule has 23 heavy (non-hydrogen) atoms. The normalized spacial score (nSPS) is 11.3. The highest BCUT2D eigenvalue weighted by atomic mass is 35.5. The monoisotopic (exact) mass is 346 g/mol. The third kappa shape index (κ3) is 2.91. The van der Waals surface area contributed by atoms with Crippen molar-refractivity contribution in [1.82, 2.24) is 8.96 Å². The van der Waals surface area contributed by atoms with Crippen molar-refractivity contribution >= 4 is 27.9 Å². The van der Waals surface area contributed by atoms with Gasteiger partial charge < -0.3 is 0 Å². The molecule has 3 aromatic rings. The molecule has 116 valence electrons. The number of carbonyl (C=O) groups excluding carboxylic acids is 1. The molecule has 0 bridgehead atoms. The molecule has 7 heteroatoms. The zero-order chi connectivity index (χ0) is 16.4. The maximum Gasteiger partial charge on any atom is 0.269 e. The molecule has 0 amide bonds. The van der Waals surface area contributed by atoms with Crippen LogP contribution in [0.1, 0.15) is 10.4 Å². The van der Waals surface area contributed by atoms with E-state index in [1.54, 1.807) is 24.3 Å². The Morgan fingerprint density at radius 1 is 1.09 bits per heavy atom. The number of halogens is 1. The summed E-state index contributed by atoms with van der Waals surface area (Å²) in [7, 11) is -3.92. The van der Waals surface area contributed by atoms with Crippen LogP contribution in [0.5, 0.6) is 0 Å². The zero-order valence-corrected chi connectivity index (χ0v) is 13.3. The quantitative estimate of drug-likeness (QED) is 0.680. The van der Waals surface area contributed by atoms with Crippen LogP contribution in [0.3, 0.4) is 0 Å². The number of hydrogen-bond donors (Lipinski definition) is 0. The van der Waals surface area contributed by atoms with Gasteiger partial charge >= 0.3 is 0 Å². The molecule has 0 spiro atoms. The van der Waals surface area contributed by atoms with Crippen LogP contribution < -0.4 is 0 Å². The van der Waals surface area contributed by atoms with Crippen molar-refractivity contribution in [2.75, 3.05) is 0 Å². The van der Waals surface area contributed by atoms with Gasteiger partial charge in [-0.2, -0.15) is 0 Å². The van der Waals surface area contributed by atoms with Crippen molar-refractivity contribution in [3.8, 4) is 11.3 Å². The van der Waals surface area contributed by atoms with Crippen molar-refractivity contribution in [3.05, 3.63) is 71.6 Å². The molecular formula is C16H11ClN2O3S. The van der Waals surface area contributed by atoms with E-state index < -0.39 is 10.0 Å². The Morgan fingerprint density at radius 3 is 2.48 bits per heavy atom. The molecule has 0 N–H and O–H groups in total. The Balaban J connectivity index is 2.23. The van der Waals surface area contributed by atoms with Crippen LogP contribution in [0, 0.1) is 0 Å². The maximum absolute atomic E-state index is 12.9. The molecule has 3 rings (SSSR count). The predicted molar refractivity (Wildman–Crippen MR) is 87.1 cm³/mol. The van der Waals surface area contributed by atoms with Crippen LogP contribution in [0.15, 0.2) is 66.0 Å². The fourth-order valence-electron chi connectivity index (χ4n) is 2.19. The first-order valence-corrected chi connectivity index (χ1v) is 8.43. The summed E-state index contributed by atoms with van der Waals surface area (Å²) >= 11 is 5.84. The molecule has 0 radical (unpaired) electrons. The van der Waals surface area contributed by atoms with E-state index in [0.717, 1.165) is 3.97 Å². The molecule has 0 aliphatic carbocycles. The highest BCUT2D eigenvalue weighted by Crippen LogP contribution is 2.27. The molecule has 0 unspecified atom stereocenters. The zero-order valence-electron chi connectivity index (χ0n) is 11.8. The van der Waals surface area contributed by atoms with Gasteiger partial charge in [-0.1, -0.05) is 41.9 Å². The lowest BCUT2D eigenvalue weighted by Crippen LogP contribution is -2.13. The molecule has 0 atom stereocenters. The fraction of sp³-hybridized carbons (Fsp3) is 0. The molecule has 0 fully saturated rings. The second-order valence-corrected chi connectivity index (χ2v) is 7.03. The standard InChI is InChI=1S/C16H11ClN2O3S/c17-14-7-15(9-18-8-14)23(21,22)19-10-12(11-20)6-16(19)13-4-2-1-3-5-13/h1-11H. The summed E-state index contributed by atoms with van der Waals surface area (Å²) in [5, 5.41) is 0.218. The first-order valence-electron chi connectivity index (χ1n) is 6.61. The second kappa shape index (κ2) is 5.98. The summed E-state index contributed by atoms with van der Waals surface area (Å²) in [5.41, 5.74) is 1.34. The van der Waals surface area contributed by atoms with Crippen LogP contribution in [-0.2, 0) is 10.0 Å². The summed E-state index contributed by atoms with van der Waals surface area (Å²) in [4.78, 5) is 14.8. The van der Waals surface area contributed by atoms with Gasteiger partial charge in [-0.05, 0) is 17.7 Å². The van der Waals surface area contributed by atoms with Crippen molar-refractivity contribution in [1.29, 1.82) is 0 Å². The second-order valence-electron chi connectivity index (χ2n) is 4.78. The van der Waals surface area contributed by atoms with Gasteiger partial charge in [-0.25, -0.2) is 12.4 Å². The van der Waals surface area contributed by atoms with Gasteiger partial charge in [-0.3, -0.25) is 9.78 Å². The lowest BCUT2D eigenvalue weighted by molar-refractivity contribution is 0.112. The molecule has 5 nitrogen and oxygen atoms in total. The Kier molecular flexibility index (Phi) is 4.02. The number of hydrogen-bond acceptors (Lipinski definition) is 4. The predicted octanol–water partition coefficient (Wildman–Crippen LogP) is 3.25. The smallest absolute Gasteiger partial charge is 0.269 e. The molecule has 1 aromatic carbocycles. The van der Waals surface area contributed by atoms with E-state index in [1.807, 2.05) is 6.07 Å². The van der Waals surface area contributed by atoms with Crippen LogP contribution >= 0.6 is 11.6 Å². The summed E-state index contributed by atoms with van der Waals surface area (Å²) in [6.45, 7) is 0. The van der Waals surface area contributed by atoms with Gasteiger partial charge in [0.15, 0.2) is 6.29 Å². The number of nitrogens with zero attached hydrogens (tertiary/aromatic N) is 2. The van der Waals surface area contributed by atoms with Gasteiger partial charge in [0.05, 0.1) is 10.7 Å². The first kappa shape index (κ1) is 15.5. The van der Waals surface area contributed by atoms with Crippen molar-refractivity contribution < 1.29 is 13.2 Å². The van der Waals surface area contributed by atoms with Crippen LogP contribution in [-0.4, -0.2) is 23.7 Å². The van der Waals surface area contributed by atoms with Gasteiger partial charge in [0.1, 0.15) is 4.90 Å². The number of aldehydes is 1. The summed E-state index contributed by atoms with van der Waals surface area (Å²) in [6, 6.07) is 11.8. The maximum atomic E-state index is 12.9. The largest absolute Gasteiger partial charge is 0.298 e. The van der Waals surface area contributed by atoms with Gasteiger partial charge in [0, 0.05) is 24.2 Å². The molecule has 0 saturated heterocycles. The topological polar surface area (TPSA) is 69.0 Å². The lowest BCUT2D eigenvalue weighted by Gasteiger charge is -2.10. The molecular weight excluding hydrogens is 336 g/mol. The highest BCUT2D eigenvalue weighted by molar-refractivity contribution is 7.90. The fourth-order valence-corrected chi connectivity index (χ4v) is 3.81. The molecule has 0 saturated carbocycles. The van der Waals surface area contributed by atoms with Crippen molar-refractivity contribution in [2.24, 2.45) is 0 Å². The third-order valence-electron chi connectivity index (χ3n) is 3.25. The van der Waals surface area contributed by atoms with Crippen molar-refractivity contribution in [3.63, 3.8) is 0 Å². The SMILES string of the molecule is O=Cc1cc(-c2ccccc2)n(S(=O)(=O)c2cncc(Cl)c2)c1. The van der Waals surface area contributed by atoms with Gasteiger partial charge in [0.2, 0.25) is 0 Å². The van der Waals surface area contributed by atoms with Crippen LogP contribution in [0.4, 0.5) is 0 Å². The number of benzene rings is 1. The minimum atomic E-state index is -3.92. The Hall–Kier alpha value is -2.44. The van der Waals surface area contributed by atoms with Gasteiger partial charge in [-0.15, -0.1) is 0 Å². The number of aromatic nitrogens is 2. The van der Waals surface area contributed by atoms with Gasteiger partial charge in [0.25, 0.3) is 10.0 Å². The summed E-state index contributed by atoms with van der Waals surface area (Å²) in [6.07, 6.45) is 4.46. The molecule has 0 aliphatic rings. The van der Waals surface area contributed by atoms with E-state index >= 15 is 0 Å². The van der Waals surface area contributed by atoms with E-state index in [-0.39, 0.29) is 15.5 Å². The summed E-state index contributed by atoms with van der Waals surface area (Å²) in [5.74, 6) is 0.